The standard InChI is InChI=1S/C12H13Br2N3O2/c1-17-10(6-15-11(17)16-12(18)19-2)7-3-4-8(13)9(14)5-7/h3-5,10H,6H2,1-2H3,(H,15,16,18). The van der Waals surface area contributed by atoms with Crippen LogP contribution < -0.4 is 5.32 Å². The number of benzene rings is 1. The van der Waals surface area contributed by atoms with Crippen LogP contribution in [0.15, 0.2) is 32.1 Å². The van der Waals surface area contributed by atoms with Gasteiger partial charge in [0.15, 0.2) is 0 Å². The zero-order valence-corrected chi connectivity index (χ0v) is 13.7. The minimum absolute atomic E-state index is 0.108. The predicted octanol–water partition coefficient (Wildman–Crippen LogP) is 2.91. The van der Waals surface area contributed by atoms with Crippen LogP contribution in [0.1, 0.15) is 11.6 Å². The largest absolute Gasteiger partial charge is 0.453 e. The van der Waals surface area contributed by atoms with E-state index in [-0.39, 0.29) is 6.04 Å². The van der Waals surface area contributed by atoms with Gasteiger partial charge in [-0.3, -0.25) is 10.3 Å². The van der Waals surface area contributed by atoms with Crippen LogP contribution in [0.5, 0.6) is 0 Å². The first kappa shape index (κ1) is 14.3. The van der Waals surface area contributed by atoms with E-state index in [4.69, 9.17) is 0 Å². The van der Waals surface area contributed by atoms with Gasteiger partial charge in [0, 0.05) is 16.0 Å². The zero-order chi connectivity index (χ0) is 14.0. The van der Waals surface area contributed by atoms with Crippen molar-refractivity contribution < 1.29 is 9.53 Å². The molecule has 0 aliphatic carbocycles. The second-order valence-corrected chi connectivity index (χ2v) is 5.79. The molecule has 0 radical (unpaired) electrons. The van der Waals surface area contributed by atoms with Crippen LogP contribution in [0.2, 0.25) is 0 Å². The van der Waals surface area contributed by atoms with Gasteiger partial charge < -0.3 is 9.64 Å². The number of ether oxygens (including phenoxy) is 1. The number of nitrogens with zero attached hydrogens (tertiary/aromatic N) is 2. The number of hydrogen-bond donors (Lipinski definition) is 1. The van der Waals surface area contributed by atoms with Gasteiger partial charge in [-0.15, -0.1) is 0 Å². The summed E-state index contributed by atoms with van der Waals surface area (Å²) in [4.78, 5) is 17.4. The summed E-state index contributed by atoms with van der Waals surface area (Å²) in [5, 5.41) is 2.60. The Morgan fingerprint density at radius 1 is 1.47 bits per heavy atom. The van der Waals surface area contributed by atoms with Gasteiger partial charge >= 0.3 is 6.09 Å². The number of carbonyl (C=O) groups excluding carboxylic acids is 1. The van der Waals surface area contributed by atoms with Crippen molar-refractivity contribution in [2.45, 2.75) is 6.04 Å². The molecule has 7 heteroatoms. The van der Waals surface area contributed by atoms with E-state index in [2.05, 4.69) is 46.9 Å². The summed E-state index contributed by atoms with van der Waals surface area (Å²) in [7, 11) is 3.22. The highest BCUT2D eigenvalue weighted by Gasteiger charge is 2.27. The lowest BCUT2D eigenvalue weighted by Crippen LogP contribution is -2.40. The fourth-order valence-corrected chi connectivity index (χ4v) is 2.52. The maximum absolute atomic E-state index is 11.2. The van der Waals surface area contributed by atoms with Gasteiger partial charge in [-0.05, 0) is 49.6 Å². The Balaban J connectivity index is 2.12. The van der Waals surface area contributed by atoms with E-state index in [1.54, 1.807) is 0 Å². The van der Waals surface area contributed by atoms with Crippen molar-refractivity contribution in [3.05, 3.63) is 32.7 Å². The minimum atomic E-state index is -0.511. The molecule has 0 spiro atoms. The molecule has 1 aromatic rings. The second kappa shape index (κ2) is 5.92. The Bertz CT molecular complexity index is 534. The van der Waals surface area contributed by atoms with E-state index in [9.17, 15) is 4.79 Å². The SMILES string of the molecule is COC(=O)NC1=NCC(c2ccc(Br)c(Br)c2)N1C. The number of amides is 1. The summed E-state index contributed by atoms with van der Waals surface area (Å²) in [6.45, 7) is 0.601. The monoisotopic (exact) mass is 389 g/mol. The highest BCUT2D eigenvalue weighted by atomic mass is 79.9. The molecular formula is C12H13Br2N3O2. The first-order valence-corrected chi connectivity index (χ1v) is 7.18. The Hall–Kier alpha value is -1.08. The molecule has 19 heavy (non-hydrogen) atoms. The molecule has 0 saturated carbocycles. The Morgan fingerprint density at radius 3 is 2.84 bits per heavy atom. The van der Waals surface area contributed by atoms with Gasteiger partial charge in [-0.2, -0.15) is 0 Å². The molecule has 5 nitrogen and oxygen atoms in total. The number of halogens is 2. The summed E-state index contributed by atoms with van der Waals surface area (Å²) >= 11 is 6.93. The van der Waals surface area contributed by atoms with Crippen LogP contribution in [-0.2, 0) is 4.74 Å². The molecule has 0 aromatic heterocycles. The second-order valence-electron chi connectivity index (χ2n) is 4.08. The quantitative estimate of drug-likeness (QED) is 0.802. The average molecular weight is 391 g/mol. The smallest absolute Gasteiger partial charge is 0.413 e. The summed E-state index contributed by atoms with van der Waals surface area (Å²) < 4.78 is 6.56. The van der Waals surface area contributed by atoms with Gasteiger partial charge in [-0.25, -0.2) is 4.79 Å². The van der Waals surface area contributed by atoms with Crippen LogP contribution in [0.4, 0.5) is 4.79 Å². The van der Waals surface area contributed by atoms with E-state index >= 15 is 0 Å². The number of alkyl carbamates (subject to hydrolysis) is 1. The van der Waals surface area contributed by atoms with E-state index < -0.39 is 6.09 Å². The highest BCUT2D eigenvalue weighted by molar-refractivity contribution is 9.13. The number of likely N-dealkylation sites (N-methyl/N-ethyl adjacent to an activating group) is 1. The molecule has 2 rings (SSSR count). The lowest BCUT2D eigenvalue weighted by Gasteiger charge is -2.23. The van der Waals surface area contributed by atoms with Crippen molar-refractivity contribution in [1.29, 1.82) is 0 Å². The normalized spacial score (nSPS) is 18.2. The van der Waals surface area contributed by atoms with Crippen LogP contribution >= 0.6 is 31.9 Å². The molecule has 102 valence electrons. The average Bonchev–Trinajstić information content (AvgIpc) is 2.74. The predicted molar refractivity (Wildman–Crippen MR) is 80.2 cm³/mol. The first-order valence-electron chi connectivity index (χ1n) is 5.60. The third kappa shape index (κ3) is 3.09. The van der Waals surface area contributed by atoms with Crippen molar-refractivity contribution in [2.75, 3.05) is 20.7 Å². The molecule has 1 unspecified atom stereocenters. The van der Waals surface area contributed by atoms with E-state index in [0.717, 1.165) is 14.5 Å². The Kier molecular flexibility index (Phi) is 4.46. The third-order valence-electron chi connectivity index (χ3n) is 2.94. The van der Waals surface area contributed by atoms with Crippen molar-refractivity contribution in [2.24, 2.45) is 4.99 Å². The van der Waals surface area contributed by atoms with Crippen molar-refractivity contribution in [1.82, 2.24) is 10.2 Å². The number of hydrogen-bond acceptors (Lipinski definition) is 4. The number of carbonyl (C=O) groups is 1. The summed E-state index contributed by atoms with van der Waals surface area (Å²) in [5.41, 5.74) is 1.13. The maximum atomic E-state index is 11.2. The number of aliphatic imine (C=N–C) groups is 1. The van der Waals surface area contributed by atoms with Crippen molar-refractivity contribution >= 4 is 43.9 Å². The molecule has 1 N–H and O–H groups in total. The topological polar surface area (TPSA) is 53.9 Å². The number of guanidine groups is 1. The van der Waals surface area contributed by atoms with Gasteiger partial charge in [0.1, 0.15) is 0 Å². The molecular weight excluding hydrogens is 378 g/mol. The number of nitrogens with one attached hydrogen (secondary N) is 1. The molecule has 0 saturated heterocycles. The van der Waals surface area contributed by atoms with Crippen molar-refractivity contribution in [3.63, 3.8) is 0 Å². The fourth-order valence-electron chi connectivity index (χ4n) is 1.87. The number of rotatable bonds is 1. The molecule has 0 bridgehead atoms. The van der Waals surface area contributed by atoms with Crippen molar-refractivity contribution in [3.8, 4) is 0 Å². The minimum Gasteiger partial charge on any atom is -0.453 e. The first-order chi connectivity index (χ1) is 9.02. The van der Waals surface area contributed by atoms with E-state index in [1.165, 1.54) is 7.11 Å². The van der Waals surface area contributed by atoms with Crippen LogP contribution in [0, 0.1) is 0 Å². The van der Waals surface area contributed by atoms with E-state index in [0.29, 0.717) is 12.5 Å². The van der Waals surface area contributed by atoms with Gasteiger partial charge in [0.25, 0.3) is 0 Å². The van der Waals surface area contributed by atoms with Gasteiger partial charge in [0.2, 0.25) is 5.96 Å². The van der Waals surface area contributed by atoms with Gasteiger partial charge in [-0.1, -0.05) is 6.07 Å². The highest BCUT2D eigenvalue weighted by Crippen LogP contribution is 2.30. The van der Waals surface area contributed by atoms with Crippen LogP contribution in [0.25, 0.3) is 0 Å². The lowest BCUT2D eigenvalue weighted by atomic mass is 10.1. The molecule has 1 aromatic carbocycles. The molecule has 1 heterocycles. The molecule has 1 aliphatic rings. The molecule has 0 fully saturated rings. The van der Waals surface area contributed by atoms with E-state index in [1.807, 2.05) is 30.1 Å². The van der Waals surface area contributed by atoms with Crippen LogP contribution in [0.3, 0.4) is 0 Å². The fraction of sp³-hybridized carbons (Fsp3) is 0.333. The summed E-state index contributed by atoms with van der Waals surface area (Å²) in [5.74, 6) is 0.524. The molecule has 1 aliphatic heterocycles. The number of methoxy groups -OCH3 is 1. The third-order valence-corrected chi connectivity index (χ3v) is 4.82. The Morgan fingerprint density at radius 2 is 2.21 bits per heavy atom. The molecule has 1 amide bonds. The van der Waals surface area contributed by atoms with Crippen LogP contribution in [-0.4, -0.2) is 37.7 Å². The van der Waals surface area contributed by atoms with Gasteiger partial charge in [0.05, 0.1) is 19.7 Å². The Labute approximate surface area is 128 Å². The maximum Gasteiger partial charge on any atom is 0.413 e. The molecule has 1 atom stereocenters. The summed E-state index contributed by atoms with van der Waals surface area (Å²) in [6, 6.07) is 6.17. The summed E-state index contributed by atoms with van der Waals surface area (Å²) in [6.07, 6.45) is -0.511. The lowest BCUT2D eigenvalue weighted by molar-refractivity contribution is 0.175. The zero-order valence-electron chi connectivity index (χ0n) is 10.5.